The molecule has 2 aromatic rings. The summed E-state index contributed by atoms with van der Waals surface area (Å²) in [6, 6.07) is 7.06. The van der Waals surface area contributed by atoms with Crippen LogP contribution in [-0.4, -0.2) is 34.0 Å². The maximum absolute atomic E-state index is 12.5. The number of nitrogens with zero attached hydrogens (tertiary/aromatic N) is 1. The third-order valence-electron chi connectivity index (χ3n) is 3.45. The Morgan fingerprint density at radius 3 is 2.25 bits per heavy atom. The van der Waals surface area contributed by atoms with Crippen molar-refractivity contribution < 1.29 is 21.6 Å². The highest BCUT2D eigenvalue weighted by Crippen LogP contribution is 2.30. The maximum Gasteiger partial charge on any atom is 0.416 e. The maximum atomic E-state index is 12.5. The van der Waals surface area contributed by atoms with Crippen LogP contribution in [0.2, 0.25) is 0 Å². The molecule has 1 aromatic heterocycles. The number of alkyl halides is 3. The smallest absolute Gasteiger partial charge is 0.300 e. The number of halogens is 3. The van der Waals surface area contributed by atoms with Gasteiger partial charge < -0.3 is 4.90 Å². The standard InChI is InChI=1S/C15H17F3N2O2S2/c1-20(2)13(14-4-3-9-23-14)10-19-24(21,22)12-7-5-11(6-8-12)15(16,17)18/h3-9,13,19H,10H2,1-2H3. The van der Waals surface area contributed by atoms with Crippen LogP contribution >= 0.6 is 11.3 Å². The molecule has 0 bridgehead atoms. The molecular weight excluding hydrogens is 361 g/mol. The van der Waals surface area contributed by atoms with Crippen molar-refractivity contribution in [2.24, 2.45) is 0 Å². The summed E-state index contributed by atoms with van der Waals surface area (Å²) in [5.74, 6) is 0. The van der Waals surface area contributed by atoms with E-state index in [2.05, 4.69) is 4.72 Å². The Hall–Kier alpha value is -1.42. The van der Waals surface area contributed by atoms with Crippen LogP contribution in [0.25, 0.3) is 0 Å². The van der Waals surface area contributed by atoms with Gasteiger partial charge in [0.15, 0.2) is 0 Å². The molecule has 24 heavy (non-hydrogen) atoms. The Morgan fingerprint density at radius 2 is 1.79 bits per heavy atom. The quantitative estimate of drug-likeness (QED) is 0.839. The zero-order valence-corrected chi connectivity index (χ0v) is 14.7. The highest BCUT2D eigenvalue weighted by atomic mass is 32.2. The molecule has 2 rings (SSSR count). The lowest BCUT2D eigenvalue weighted by atomic mass is 10.2. The fourth-order valence-corrected chi connectivity index (χ4v) is 4.07. The predicted octanol–water partition coefficient (Wildman–Crippen LogP) is 3.35. The van der Waals surface area contributed by atoms with Gasteiger partial charge in [0.1, 0.15) is 0 Å². The Labute approximate surface area is 143 Å². The van der Waals surface area contributed by atoms with Gasteiger partial charge in [0, 0.05) is 11.4 Å². The van der Waals surface area contributed by atoms with Crippen LogP contribution in [0.3, 0.4) is 0 Å². The first-order chi connectivity index (χ1) is 11.1. The number of hydrogen-bond donors (Lipinski definition) is 1. The molecule has 9 heteroatoms. The van der Waals surface area contributed by atoms with Crippen molar-refractivity contribution in [2.45, 2.75) is 17.1 Å². The summed E-state index contributed by atoms with van der Waals surface area (Å²) < 4.78 is 64.7. The summed E-state index contributed by atoms with van der Waals surface area (Å²) in [7, 11) is -0.221. The molecule has 0 amide bonds. The molecule has 0 saturated heterocycles. The molecule has 0 spiro atoms. The summed E-state index contributed by atoms with van der Waals surface area (Å²) in [6.45, 7) is 0.122. The molecule has 0 aliphatic carbocycles. The molecule has 4 nitrogen and oxygen atoms in total. The molecule has 132 valence electrons. The van der Waals surface area contributed by atoms with Crippen molar-refractivity contribution in [3.05, 3.63) is 52.2 Å². The SMILES string of the molecule is CN(C)C(CNS(=O)(=O)c1ccc(C(F)(F)F)cc1)c1cccs1. The van der Waals surface area contributed by atoms with Crippen LogP contribution in [-0.2, 0) is 16.2 Å². The number of benzene rings is 1. The first-order valence-electron chi connectivity index (χ1n) is 6.98. The first-order valence-corrected chi connectivity index (χ1v) is 9.34. The van der Waals surface area contributed by atoms with Crippen molar-refractivity contribution in [3.8, 4) is 0 Å². The van der Waals surface area contributed by atoms with E-state index < -0.39 is 21.8 Å². The summed E-state index contributed by atoms with van der Waals surface area (Å²) in [5.41, 5.74) is -0.883. The molecule has 0 aliphatic heterocycles. The van der Waals surface area contributed by atoms with E-state index in [1.54, 1.807) is 0 Å². The molecule has 1 atom stereocenters. The summed E-state index contributed by atoms with van der Waals surface area (Å²) in [4.78, 5) is 2.68. The van der Waals surface area contributed by atoms with Crippen molar-refractivity contribution in [1.82, 2.24) is 9.62 Å². The van der Waals surface area contributed by atoms with E-state index in [0.29, 0.717) is 0 Å². The lowest BCUT2D eigenvalue weighted by Gasteiger charge is -2.23. The van der Waals surface area contributed by atoms with Crippen molar-refractivity contribution >= 4 is 21.4 Å². The number of hydrogen-bond acceptors (Lipinski definition) is 4. The van der Waals surface area contributed by atoms with E-state index >= 15 is 0 Å². The van der Waals surface area contributed by atoms with Crippen LogP contribution in [0.5, 0.6) is 0 Å². The lowest BCUT2D eigenvalue weighted by molar-refractivity contribution is -0.137. The number of rotatable bonds is 6. The Bertz CT molecular complexity index is 755. The first kappa shape index (κ1) is 18.9. The zero-order chi connectivity index (χ0) is 18.0. The number of nitrogens with one attached hydrogen (secondary N) is 1. The monoisotopic (exact) mass is 378 g/mol. The Morgan fingerprint density at radius 1 is 1.17 bits per heavy atom. The van der Waals surface area contributed by atoms with Gasteiger partial charge in [0.25, 0.3) is 0 Å². The van der Waals surface area contributed by atoms with Crippen molar-refractivity contribution in [1.29, 1.82) is 0 Å². The molecule has 0 aliphatic rings. The topological polar surface area (TPSA) is 49.4 Å². The van der Waals surface area contributed by atoms with Gasteiger partial charge in [-0.2, -0.15) is 13.2 Å². The third-order valence-corrected chi connectivity index (χ3v) is 5.87. The average Bonchev–Trinajstić information content (AvgIpc) is 3.00. The van der Waals surface area contributed by atoms with Gasteiger partial charge in [-0.15, -0.1) is 11.3 Å². The summed E-state index contributed by atoms with van der Waals surface area (Å²) >= 11 is 1.51. The second-order valence-corrected chi connectivity index (χ2v) is 8.12. The molecule has 0 saturated carbocycles. The summed E-state index contributed by atoms with van der Waals surface area (Å²) in [6.07, 6.45) is -4.50. The molecule has 1 aromatic carbocycles. The van der Waals surface area contributed by atoms with Crippen molar-refractivity contribution in [3.63, 3.8) is 0 Å². The van der Waals surface area contributed by atoms with Crippen molar-refractivity contribution in [2.75, 3.05) is 20.6 Å². The van der Waals surface area contributed by atoms with E-state index in [1.165, 1.54) is 11.3 Å². The second kappa shape index (κ2) is 7.22. The van der Waals surface area contributed by atoms with Crippen LogP contribution in [0.4, 0.5) is 13.2 Å². The second-order valence-electron chi connectivity index (χ2n) is 5.37. The van der Waals surface area contributed by atoms with Gasteiger partial charge in [0.05, 0.1) is 16.5 Å². The lowest BCUT2D eigenvalue weighted by Crippen LogP contribution is -2.34. The molecular formula is C15H17F3N2O2S2. The fraction of sp³-hybridized carbons (Fsp3) is 0.333. The van der Waals surface area contributed by atoms with E-state index in [-0.39, 0.29) is 17.5 Å². The minimum absolute atomic E-state index is 0.122. The molecule has 1 N–H and O–H groups in total. The summed E-state index contributed by atoms with van der Waals surface area (Å²) in [5, 5.41) is 1.90. The molecule has 0 radical (unpaired) electrons. The van der Waals surface area contributed by atoms with E-state index in [1.807, 2.05) is 36.5 Å². The molecule has 1 unspecified atom stereocenters. The molecule has 0 fully saturated rings. The number of likely N-dealkylation sites (N-methyl/N-ethyl adjacent to an activating group) is 1. The minimum Gasteiger partial charge on any atom is -0.300 e. The highest BCUT2D eigenvalue weighted by Gasteiger charge is 2.30. The average molecular weight is 378 g/mol. The largest absolute Gasteiger partial charge is 0.416 e. The van der Waals surface area contributed by atoms with Gasteiger partial charge in [-0.25, -0.2) is 13.1 Å². The van der Waals surface area contributed by atoms with E-state index in [9.17, 15) is 21.6 Å². The van der Waals surface area contributed by atoms with Gasteiger partial charge in [-0.1, -0.05) is 6.07 Å². The van der Waals surface area contributed by atoms with Crippen LogP contribution in [0.15, 0.2) is 46.7 Å². The van der Waals surface area contributed by atoms with Crippen LogP contribution in [0, 0.1) is 0 Å². The fourth-order valence-electron chi connectivity index (χ4n) is 2.11. The zero-order valence-electron chi connectivity index (χ0n) is 13.0. The van der Waals surface area contributed by atoms with E-state index in [4.69, 9.17) is 0 Å². The van der Waals surface area contributed by atoms with Crippen LogP contribution in [0.1, 0.15) is 16.5 Å². The number of thiophene rings is 1. The predicted molar refractivity (Wildman–Crippen MR) is 87.4 cm³/mol. The number of sulfonamides is 1. The minimum atomic E-state index is -4.50. The van der Waals surface area contributed by atoms with E-state index in [0.717, 1.165) is 29.1 Å². The van der Waals surface area contributed by atoms with Crippen LogP contribution < -0.4 is 4.72 Å². The third kappa shape index (κ3) is 4.56. The van der Waals surface area contributed by atoms with Gasteiger partial charge >= 0.3 is 6.18 Å². The van der Waals surface area contributed by atoms with Gasteiger partial charge in [0.2, 0.25) is 10.0 Å². The normalized spacial score (nSPS) is 14.1. The van der Waals surface area contributed by atoms with Gasteiger partial charge in [-0.3, -0.25) is 0 Å². The Balaban J connectivity index is 2.13. The molecule has 1 heterocycles. The van der Waals surface area contributed by atoms with Gasteiger partial charge in [-0.05, 0) is 49.8 Å². The highest BCUT2D eigenvalue weighted by molar-refractivity contribution is 7.89. The Kier molecular flexibility index (Phi) is 5.69.